The molecule has 1 aromatic heterocycles. The zero-order valence-corrected chi connectivity index (χ0v) is 9.77. The largest absolute Gasteiger partial charge is 0.491 e. The van der Waals surface area contributed by atoms with E-state index in [2.05, 4.69) is 4.98 Å². The number of carbonyl (C=O) groups is 1. The summed E-state index contributed by atoms with van der Waals surface area (Å²) in [6.07, 6.45) is 5.25. The van der Waals surface area contributed by atoms with Crippen molar-refractivity contribution < 1.29 is 14.6 Å². The third-order valence-electron chi connectivity index (χ3n) is 2.44. The van der Waals surface area contributed by atoms with E-state index in [9.17, 15) is 9.90 Å². The molecule has 1 N–H and O–H groups in total. The Morgan fingerprint density at radius 3 is 2.78 bits per heavy atom. The molecule has 0 aliphatic carbocycles. The van der Waals surface area contributed by atoms with Gasteiger partial charge in [-0.1, -0.05) is 0 Å². The molecular formula is C13H14N2O3. The van der Waals surface area contributed by atoms with E-state index in [1.807, 2.05) is 0 Å². The van der Waals surface area contributed by atoms with E-state index in [0.717, 1.165) is 6.29 Å². The number of hydrogen-bond donors (Lipinski definition) is 1. The van der Waals surface area contributed by atoms with Crippen LogP contribution >= 0.6 is 0 Å². The molecule has 0 aliphatic heterocycles. The minimum atomic E-state index is -0.607. The highest BCUT2D eigenvalue weighted by Gasteiger charge is 2.06. The van der Waals surface area contributed by atoms with Crippen LogP contribution in [0.4, 0.5) is 0 Å². The van der Waals surface area contributed by atoms with Crippen molar-refractivity contribution in [2.75, 3.05) is 6.61 Å². The molecule has 18 heavy (non-hydrogen) atoms. The SMILES string of the molecule is O=Cc1ccc(OC[C@H](O)Cn2ccnc2)cc1. The predicted molar refractivity (Wildman–Crippen MR) is 65.6 cm³/mol. The van der Waals surface area contributed by atoms with Crippen LogP contribution in [0.15, 0.2) is 43.0 Å². The van der Waals surface area contributed by atoms with Gasteiger partial charge in [0.15, 0.2) is 0 Å². The van der Waals surface area contributed by atoms with Crippen molar-refractivity contribution >= 4 is 6.29 Å². The first-order valence-electron chi connectivity index (χ1n) is 5.60. The molecule has 0 unspecified atom stereocenters. The predicted octanol–water partition coefficient (Wildman–Crippen LogP) is 1.14. The van der Waals surface area contributed by atoms with Gasteiger partial charge < -0.3 is 14.4 Å². The number of rotatable bonds is 6. The smallest absolute Gasteiger partial charge is 0.150 e. The molecule has 0 spiro atoms. The molecule has 0 bridgehead atoms. The lowest BCUT2D eigenvalue weighted by molar-refractivity contribution is 0.0924. The summed E-state index contributed by atoms with van der Waals surface area (Å²) in [7, 11) is 0. The number of aliphatic hydroxyl groups excluding tert-OH is 1. The number of hydrogen-bond acceptors (Lipinski definition) is 4. The summed E-state index contributed by atoms with van der Waals surface area (Å²) < 4.78 is 7.20. The van der Waals surface area contributed by atoms with Gasteiger partial charge in [-0.2, -0.15) is 0 Å². The van der Waals surface area contributed by atoms with Crippen molar-refractivity contribution in [3.8, 4) is 5.75 Å². The van der Waals surface area contributed by atoms with Crippen LogP contribution in [0.3, 0.4) is 0 Å². The van der Waals surface area contributed by atoms with Gasteiger partial charge in [-0.3, -0.25) is 4.79 Å². The van der Waals surface area contributed by atoms with E-state index in [1.54, 1.807) is 47.6 Å². The number of imidazole rings is 1. The summed E-state index contributed by atoms with van der Waals surface area (Å²) >= 11 is 0. The Morgan fingerprint density at radius 1 is 1.39 bits per heavy atom. The lowest BCUT2D eigenvalue weighted by Gasteiger charge is -2.12. The first-order chi connectivity index (χ1) is 8.78. The Kier molecular flexibility index (Phi) is 4.09. The second kappa shape index (κ2) is 5.97. The van der Waals surface area contributed by atoms with Gasteiger partial charge in [0.2, 0.25) is 0 Å². The first kappa shape index (κ1) is 12.3. The maximum atomic E-state index is 10.5. The zero-order chi connectivity index (χ0) is 12.8. The van der Waals surface area contributed by atoms with Crippen LogP contribution in [0.2, 0.25) is 0 Å². The fourth-order valence-corrected chi connectivity index (χ4v) is 1.53. The van der Waals surface area contributed by atoms with Gasteiger partial charge in [-0.25, -0.2) is 4.98 Å². The monoisotopic (exact) mass is 246 g/mol. The molecule has 0 amide bonds. The minimum absolute atomic E-state index is 0.193. The van der Waals surface area contributed by atoms with Gasteiger partial charge in [0.1, 0.15) is 24.7 Å². The van der Waals surface area contributed by atoms with Crippen LogP contribution in [-0.2, 0) is 6.54 Å². The van der Waals surface area contributed by atoms with Crippen LogP contribution in [0, 0.1) is 0 Å². The van der Waals surface area contributed by atoms with Gasteiger partial charge in [-0.05, 0) is 24.3 Å². The second-order valence-electron chi connectivity index (χ2n) is 3.91. The lowest BCUT2D eigenvalue weighted by atomic mass is 10.2. The highest BCUT2D eigenvalue weighted by Crippen LogP contribution is 2.11. The average Bonchev–Trinajstić information content (AvgIpc) is 2.90. The van der Waals surface area contributed by atoms with E-state index in [-0.39, 0.29) is 6.61 Å². The summed E-state index contributed by atoms with van der Waals surface area (Å²) in [5.74, 6) is 0.630. The molecule has 0 radical (unpaired) electrons. The van der Waals surface area contributed by atoms with Crippen molar-refractivity contribution in [1.29, 1.82) is 0 Å². The standard InChI is InChI=1S/C13H14N2O3/c16-8-11-1-3-13(4-2-11)18-9-12(17)7-15-6-5-14-10-15/h1-6,8,10,12,17H,7,9H2/t12-/m1/s1. The highest BCUT2D eigenvalue weighted by atomic mass is 16.5. The van der Waals surface area contributed by atoms with Crippen molar-refractivity contribution in [2.45, 2.75) is 12.6 Å². The van der Waals surface area contributed by atoms with E-state index in [1.165, 1.54) is 0 Å². The lowest BCUT2D eigenvalue weighted by Crippen LogP contribution is -2.22. The molecule has 0 fully saturated rings. The number of carbonyl (C=O) groups excluding carboxylic acids is 1. The molecule has 2 rings (SSSR count). The van der Waals surface area contributed by atoms with Crippen molar-refractivity contribution in [3.63, 3.8) is 0 Å². The van der Waals surface area contributed by atoms with Crippen molar-refractivity contribution in [2.24, 2.45) is 0 Å². The number of aromatic nitrogens is 2. The van der Waals surface area contributed by atoms with Gasteiger partial charge in [-0.15, -0.1) is 0 Å². The molecule has 2 aromatic rings. The average molecular weight is 246 g/mol. The Balaban J connectivity index is 1.81. The van der Waals surface area contributed by atoms with Crippen LogP contribution < -0.4 is 4.74 Å². The van der Waals surface area contributed by atoms with Crippen LogP contribution in [0.5, 0.6) is 5.75 Å². The molecular weight excluding hydrogens is 232 g/mol. The summed E-state index contributed by atoms with van der Waals surface area (Å²) in [5, 5.41) is 9.75. The van der Waals surface area contributed by atoms with E-state index >= 15 is 0 Å². The molecule has 5 nitrogen and oxygen atoms in total. The fraction of sp³-hybridized carbons (Fsp3) is 0.231. The molecule has 1 heterocycles. The molecule has 0 aliphatic rings. The van der Waals surface area contributed by atoms with Gasteiger partial charge in [0, 0.05) is 18.0 Å². The van der Waals surface area contributed by atoms with E-state index in [0.29, 0.717) is 17.9 Å². The number of aldehydes is 1. The topological polar surface area (TPSA) is 64.3 Å². The number of benzene rings is 1. The van der Waals surface area contributed by atoms with Crippen LogP contribution in [0.1, 0.15) is 10.4 Å². The maximum Gasteiger partial charge on any atom is 0.150 e. The number of ether oxygens (including phenoxy) is 1. The van der Waals surface area contributed by atoms with Gasteiger partial charge >= 0.3 is 0 Å². The van der Waals surface area contributed by atoms with E-state index < -0.39 is 6.10 Å². The Morgan fingerprint density at radius 2 is 2.17 bits per heavy atom. The Hall–Kier alpha value is -2.14. The van der Waals surface area contributed by atoms with E-state index in [4.69, 9.17) is 4.74 Å². The maximum absolute atomic E-state index is 10.5. The minimum Gasteiger partial charge on any atom is -0.491 e. The molecule has 1 aromatic carbocycles. The van der Waals surface area contributed by atoms with Crippen LogP contribution in [-0.4, -0.2) is 33.7 Å². The summed E-state index contributed by atoms with van der Waals surface area (Å²) in [4.78, 5) is 14.4. The molecule has 94 valence electrons. The summed E-state index contributed by atoms with van der Waals surface area (Å²) in [6.45, 7) is 0.630. The summed E-state index contributed by atoms with van der Waals surface area (Å²) in [6, 6.07) is 6.75. The first-order valence-corrected chi connectivity index (χ1v) is 5.60. The molecule has 0 saturated heterocycles. The van der Waals surface area contributed by atoms with Gasteiger partial charge in [0.25, 0.3) is 0 Å². The Labute approximate surface area is 105 Å². The highest BCUT2D eigenvalue weighted by molar-refractivity contribution is 5.74. The number of aliphatic hydroxyl groups is 1. The Bertz CT molecular complexity index is 479. The van der Waals surface area contributed by atoms with Crippen molar-refractivity contribution in [1.82, 2.24) is 9.55 Å². The molecule has 1 atom stereocenters. The third-order valence-corrected chi connectivity index (χ3v) is 2.44. The second-order valence-corrected chi connectivity index (χ2v) is 3.91. The number of nitrogens with zero attached hydrogens (tertiary/aromatic N) is 2. The summed E-state index contributed by atoms with van der Waals surface area (Å²) in [5.41, 5.74) is 0.598. The quantitative estimate of drug-likeness (QED) is 0.776. The van der Waals surface area contributed by atoms with Crippen LogP contribution in [0.25, 0.3) is 0 Å². The normalized spacial score (nSPS) is 12.1. The van der Waals surface area contributed by atoms with Gasteiger partial charge in [0.05, 0.1) is 12.9 Å². The molecule has 5 heteroatoms. The molecule has 0 saturated carbocycles. The third kappa shape index (κ3) is 3.43. The zero-order valence-electron chi connectivity index (χ0n) is 9.77. The fourth-order valence-electron chi connectivity index (χ4n) is 1.53. The van der Waals surface area contributed by atoms with Crippen molar-refractivity contribution in [3.05, 3.63) is 48.5 Å².